The van der Waals surface area contributed by atoms with Gasteiger partial charge in [0, 0.05) is 29.6 Å². The first-order valence-electron chi connectivity index (χ1n) is 4.58. The van der Waals surface area contributed by atoms with Crippen LogP contribution in [0.2, 0.25) is 0 Å². The zero-order chi connectivity index (χ0) is 10.8. The van der Waals surface area contributed by atoms with Crippen LogP contribution in [0.15, 0.2) is 22.9 Å². The highest BCUT2D eigenvalue weighted by Gasteiger charge is 2.30. The van der Waals surface area contributed by atoms with E-state index in [0.29, 0.717) is 13.0 Å². The average Bonchev–Trinajstić information content (AvgIpc) is 2.60. The molecular formula is C11H9BrN2O. The smallest absolute Gasteiger partial charge is 0.228 e. The summed E-state index contributed by atoms with van der Waals surface area (Å²) in [5.74, 6) is 2.70. The number of anilines is 1. The van der Waals surface area contributed by atoms with Gasteiger partial charge in [0.25, 0.3) is 0 Å². The van der Waals surface area contributed by atoms with Crippen LogP contribution < -0.4 is 4.90 Å². The summed E-state index contributed by atoms with van der Waals surface area (Å²) in [6.45, 7) is 0.583. The lowest BCUT2D eigenvalue weighted by molar-refractivity contribution is -0.117. The van der Waals surface area contributed by atoms with Crippen molar-refractivity contribution in [3.8, 4) is 12.3 Å². The van der Waals surface area contributed by atoms with Gasteiger partial charge in [-0.3, -0.25) is 9.78 Å². The molecule has 3 nitrogen and oxygen atoms in total. The Balaban J connectivity index is 2.30. The molecule has 1 aliphatic heterocycles. The molecular weight excluding hydrogens is 256 g/mol. The molecule has 1 atom stereocenters. The Bertz CT molecular complexity index is 438. The van der Waals surface area contributed by atoms with Gasteiger partial charge in [0.1, 0.15) is 0 Å². The van der Waals surface area contributed by atoms with E-state index in [1.54, 1.807) is 17.3 Å². The van der Waals surface area contributed by atoms with Crippen LogP contribution in [0.3, 0.4) is 0 Å². The first kappa shape index (κ1) is 10.2. The molecule has 1 fully saturated rings. The van der Waals surface area contributed by atoms with Crippen molar-refractivity contribution < 1.29 is 4.79 Å². The van der Waals surface area contributed by atoms with E-state index in [0.717, 1.165) is 10.2 Å². The molecule has 0 bridgehead atoms. The van der Waals surface area contributed by atoms with Crippen LogP contribution in [0.4, 0.5) is 5.69 Å². The van der Waals surface area contributed by atoms with Gasteiger partial charge in [0.2, 0.25) is 5.91 Å². The summed E-state index contributed by atoms with van der Waals surface area (Å²) < 4.78 is 0.864. The maximum Gasteiger partial charge on any atom is 0.228 e. The van der Waals surface area contributed by atoms with E-state index < -0.39 is 0 Å². The Hall–Kier alpha value is -1.34. The number of nitrogens with zero attached hydrogens (tertiary/aromatic N) is 2. The number of terminal acetylenes is 1. The van der Waals surface area contributed by atoms with Crippen LogP contribution in [0.5, 0.6) is 0 Å². The third-order valence-corrected chi connectivity index (χ3v) is 3.07. The van der Waals surface area contributed by atoms with E-state index >= 15 is 0 Å². The second kappa shape index (κ2) is 4.03. The lowest BCUT2D eigenvalue weighted by atomic mass is 10.1. The Morgan fingerprint density at radius 2 is 2.47 bits per heavy atom. The highest BCUT2D eigenvalue weighted by molar-refractivity contribution is 9.10. The minimum atomic E-state index is 0.0182. The number of hydrogen-bond acceptors (Lipinski definition) is 2. The van der Waals surface area contributed by atoms with Crippen molar-refractivity contribution in [2.75, 3.05) is 11.4 Å². The van der Waals surface area contributed by atoms with Crippen LogP contribution in [-0.2, 0) is 4.79 Å². The van der Waals surface area contributed by atoms with Gasteiger partial charge in [0.15, 0.2) is 0 Å². The van der Waals surface area contributed by atoms with E-state index in [-0.39, 0.29) is 11.8 Å². The van der Waals surface area contributed by atoms with Gasteiger partial charge in [0.05, 0.1) is 11.9 Å². The molecule has 0 spiro atoms. The van der Waals surface area contributed by atoms with Gasteiger partial charge in [-0.1, -0.05) is 0 Å². The first-order valence-corrected chi connectivity index (χ1v) is 5.37. The highest BCUT2D eigenvalue weighted by Crippen LogP contribution is 2.30. The average molecular weight is 265 g/mol. The third kappa shape index (κ3) is 1.88. The van der Waals surface area contributed by atoms with Crippen molar-refractivity contribution in [2.24, 2.45) is 5.92 Å². The number of halogens is 1. The number of carbonyl (C=O) groups excluding carboxylic acids is 1. The maximum atomic E-state index is 11.7. The minimum Gasteiger partial charge on any atom is -0.309 e. The molecule has 4 heteroatoms. The van der Waals surface area contributed by atoms with E-state index in [2.05, 4.69) is 26.8 Å². The number of hydrogen-bond donors (Lipinski definition) is 0. The van der Waals surface area contributed by atoms with Crippen LogP contribution >= 0.6 is 15.9 Å². The van der Waals surface area contributed by atoms with Gasteiger partial charge in [-0.2, -0.15) is 0 Å². The summed E-state index contributed by atoms with van der Waals surface area (Å²) in [7, 11) is 0. The zero-order valence-corrected chi connectivity index (χ0v) is 9.57. The molecule has 0 radical (unpaired) electrons. The third-order valence-electron chi connectivity index (χ3n) is 2.40. The Morgan fingerprint density at radius 1 is 1.67 bits per heavy atom. The SMILES string of the molecule is C#CC1CC(=O)N(c2cnccc2Br)C1. The molecule has 2 heterocycles. The van der Waals surface area contributed by atoms with Crippen molar-refractivity contribution in [3.63, 3.8) is 0 Å². The van der Waals surface area contributed by atoms with Crippen molar-refractivity contribution in [3.05, 3.63) is 22.9 Å². The molecule has 1 aliphatic rings. The Kier molecular flexibility index (Phi) is 2.74. The number of pyridine rings is 1. The summed E-state index contributed by atoms with van der Waals surface area (Å²) in [5, 5.41) is 0. The Labute approximate surface area is 96.6 Å². The molecule has 1 aromatic heterocycles. The quantitative estimate of drug-likeness (QED) is 0.726. The highest BCUT2D eigenvalue weighted by atomic mass is 79.9. The summed E-state index contributed by atoms with van der Waals surface area (Å²) in [5.41, 5.74) is 0.792. The predicted octanol–water partition coefficient (Wildman–Crippen LogP) is 1.83. The zero-order valence-electron chi connectivity index (χ0n) is 7.98. The number of carbonyl (C=O) groups is 1. The van der Waals surface area contributed by atoms with Crippen LogP contribution in [0.25, 0.3) is 0 Å². The largest absolute Gasteiger partial charge is 0.309 e. The molecule has 1 amide bonds. The first-order chi connectivity index (χ1) is 7.22. The molecule has 0 aliphatic carbocycles. The van der Waals surface area contributed by atoms with Crippen LogP contribution in [0.1, 0.15) is 6.42 Å². The van der Waals surface area contributed by atoms with Gasteiger partial charge >= 0.3 is 0 Å². The van der Waals surface area contributed by atoms with Crippen molar-refractivity contribution in [1.29, 1.82) is 0 Å². The molecule has 76 valence electrons. The molecule has 0 aromatic carbocycles. The van der Waals surface area contributed by atoms with Crippen molar-refractivity contribution in [1.82, 2.24) is 4.98 Å². The molecule has 15 heavy (non-hydrogen) atoms. The molecule has 1 unspecified atom stereocenters. The monoisotopic (exact) mass is 264 g/mol. The molecule has 1 saturated heterocycles. The van der Waals surface area contributed by atoms with Gasteiger partial charge in [-0.05, 0) is 22.0 Å². The molecule has 0 N–H and O–H groups in total. The number of rotatable bonds is 1. The van der Waals surface area contributed by atoms with Crippen LogP contribution in [0, 0.1) is 18.3 Å². The second-order valence-corrected chi connectivity index (χ2v) is 4.25. The summed E-state index contributed by atoms with van der Waals surface area (Å²) in [4.78, 5) is 17.4. The van der Waals surface area contributed by atoms with Crippen molar-refractivity contribution >= 4 is 27.5 Å². The lowest BCUT2D eigenvalue weighted by Crippen LogP contribution is -2.24. The Morgan fingerprint density at radius 3 is 3.07 bits per heavy atom. The summed E-state index contributed by atoms with van der Waals surface area (Å²) >= 11 is 3.39. The van der Waals surface area contributed by atoms with E-state index in [1.165, 1.54) is 0 Å². The second-order valence-electron chi connectivity index (χ2n) is 3.40. The normalized spacial score (nSPS) is 20.4. The molecule has 2 rings (SSSR count). The molecule has 0 saturated carbocycles. The van der Waals surface area contributed by atoms with E-state index in [4.69, 9.17) is 6.42 Å². The number of aromatic nitrogens is 1. The van der Waals surface area contributed by atoms with Gasteiger partial charge < -0.3 is 4.90 Å². The van der Waals surface area contributed by atoms with Gasteiger partial charge in [-0.25, -0.2) is 0 Å². The predicted molar refractivity (Wildman–Crippen MR) is 61.2 cm³/mol. The van der Waals surface area contributed by atoms with Crippen LogP contribution in [-0.4, -0.2) is 17.4 Å². The topological polar surface area (TPSA) is 33.2 Å². The standard InChI is InChI=1S/C11H9BrN2O/c1-2-8-5-11(15)14(7-8)10-6-13-4-3-9(10)12/h1,3-4,6,8H,5,7H2. The minimum absolute atomic E-state index is 0.0182. The molecule has 1 aromatic rings. The van der Waals surface area contributed by atoms with E-state index in [9.17, 15) is 4.79 Å². The number of amides is 1. The fourth-order valence-corrected chi connectivity index (χ4v) is 2.05. The maximum absolute atomic E-state index is 11.7. The fraction of sp³-hybridized carbons (Fsp3) is 0.273. The van der Waals surface area contributed by atoms with E-state index in [1.807, 2.05) is 6.07 Å². The van der Waals surface area contributed by atoms with Crippen molar-refractivity contribution in [2.45, 2.75) is 6.42 Å². The van der Waals surface area contributed by atoms with Gasteiger partial charge in [-0.15, -0.1) is 12.3 Å². The fourth-order valence-electron chi connectivity index (χ4n) is 1.62. The summed E-state index contributed by atoms with van der Waals surface area (Å²) in [6, 6.07) is 1.81. The summed E-state index contributed by atoms with van der Waals surface area (Å²) in [6.07, 6.45) is 9.09. The lowest BCUT2D eigenvalue weighted by Gasteiger charge is -2.16.